The van der Waals surface area contributed by atoms with E-state index >= 15 is 0 Å². The molecule has 19 heavy (non-hydrogen) atoms. The molecule has 0 aromatic heterocycles. The van der Waals surface area contributed by atoms with Crippen LogP contribution in [-0.2, 0) is 14.3 Å². The number of carbonyl (C=O) groups excluding carboxylic acids is 1. The topological polar surface area (TPSA) is 42.0 Å². The average molecular weight is 262 g/mol. The van der Waals surface area contributed by atoms with E-state index in [1.807, 2.05) is 36.2 Å². The van der Waals surface area contributed by atoms with Gasteiger partial charge in [-0.15, -0.1) is 0 Å². The molecule has 1 atom stereocenters. The second kappa shape index (κ2) is 5.19. The third-order valence-corrected chi connectivity index (χ3v) is 3.60. The Bertz CT molecular complexity index is 472. The fourth-order valence-corrected chi connectivity index (χ4v) is 2.54. The molecule has 5 nitrogen and oxygen atoms in total. The van der Waals surface area contributed by atoms with Crippen LogP contribution in [0.4, 0.5) is 11.4 Å². The number of hydrogen-bond donors (Lipinski definition) is 0. The lowest BCUT2D eigenvalue weighted by Gasteiger charge is -2.37. The first-order valence-electron chi connectivity index (χ1n) is 6.58. The molecule has 0 radical (unpaired) electrons. The summed E-state index contributed by atoms with van der Waals surface area (Å²) in [6.07, 6.45) is -0.467. The first kappa shape index (κ1) is 12.4. The van der Waals surface area contributed by atoms with E-state index in [1.54, 1.807) is 0 Å². The summed E-state index contributed by atoms with van der Waals surface area (Å²) in [5.41, 5.74) is 2.04. The highest BCUT2D eigenvalue weighted by atomic mass is 16.6. The van der Waals surface area contributed by atoms with Crippen molar-refractivity contribution in [2.45, 2.75) is 6.10 Å². The number of hydrogen-bond acceptors (Lipinski definition) is 4. The van der Waals surface area contributed by atoms with Gasteiger partial charge in [0.1, 0.15) is 0 Å². The molecule has 0 spiro atoms. The normalized spacial score (nSPS) is 23.1. The standard InChI is InChI=1S/C14H18N2O3/c1-15-6-7-16(12-5-3-2-4-11(12)15)14(17)13-10-18-8-9-19-13/h2-5,13H,6-10H2,1H3/t13-/m1/s1. The SMILES string of the molecule is CN1CCN(C(=O)[C@H]2COCCO2)c2ccccc21. The number of rotatable bonds is 1. The largest absolute Gasteiger partial charge is 0.376 e. The number of likely N-dealkylation sites (N-methyl/N-ethyl adjacent to an activating group) is 1. The molecule has 2 heterocycles. The van der Waals surface area contributed by atoms with Crippen LogP contribution in [0.3, 0.4) is 0 Å². The number of amides is 1. The van der Waals surface area contributed by atoms with Crippen molar-refractivity contribution in [2.75, 3.05) is 49.8 Å². The predicted molar refractivity (Wildman–Crippen MR) is 72.6 cm³/mol. The first-order chi connectivity index (χ1) is 9.27. The van der Waals surface area contributed by atoms with Crippen molar-refractivity contribution in [1.82, 2.24) is 0 Å². The van der Waals surface area contributed by atoms with Gasteiger partial charge < -0.3 is 19.3 Å². The Morgan fingerprint density at radius 2 is 2.00 bits per heavy atom. The molecule has 5 heteroatoms. The summed E-state index contributed by atoms with van der Waals surface area (Å²) in [5.74, 6) is 0.000231. The zero-order valence-electron chi connectivity index (χ0n) is 11.0. The van der Waals surface area contributed by atoms with Crippen molar-refractivity contribution in [3.63, 3.8) is 0 Å². The van der Waals surface area contributed by atoms with E-state index in [1.165, 1.54) is 0 Å². The molecule has 2 aliphatic rings. The van der Waals surface area contributed by atoms with E-state index in [4.69, 9.17) is 9.47 Å². The van der Waals surface area contributed by atoms with Gasteiger partial charge in [-0.25, -0.2) is 0 Å². The molecule has 102 valence electrons. The molecule has 0 unspecified atom stereocenters. The molecule has 0 bridgehead atoms. The van der Waals surface area contributed by atoms with Gasteiger partial charge in [0.25, 0.3) is 5.91 Å². The minimum absolute atomic E-state index is 0.000231. The summed E-state index contributed by atoms with van der Waals surface area (Å²) in [6, 6.07) is 7.96. The lowest BCUT2D eigenvalue weighted by atomic mass is 10.1. The third kappa shape index (κ3) is 2.31. The maximum absolute atomic E-state index is 12.5. The van der Waals surface area contributed by atoms with Crippen LogP contribution in [0.1, 0.15) is 0 Å². The monoisotopic (exact) mass is 262 g/mol. The molecular weight excluding hydrogens is 244 g/mol. The van der Waals surface area contributed by atoms with E-state index in [0.29, 0.717) is 26.4 Å². The Morgan fingerprint density at radius 1 is 1.21 bits per heavy atom. The van der Waals surface area contributed by atoms with E-state index in [9.17, 15) is 4.79 Å². The zero-order chi connectivity index (χ0) is 13.2. The minimum Gasteiger partial charge on any atom is -0.376 e. The maximum Gasteiger partial charge on any atom is 0.258 e. The van der Waals surface area contributed by atoms with Crippen molar-refractivity contribution < 1.29 is 14.3 Å². The summed E-state index contributed by atoms with van der Waals surface area (Å²) >= 11 is 0. The van der Waals surface area contributed by atoms with Gasteiger partial charge in [-0.1, -0.05) is 12.1 Å². The van der Waals surface area contributed by atoms with Gasteiger partial charge >= 0.3 is 0 Å². The van der Waals surface area contributed by atoms with Gasteiger partial charge in [0, 0.05) is 20.1 Å². The summed E-state index contributed by atoms with van der Waals surface area (Å²) < 4.78 is 10.8. The van der Waals surface area contributed by atoms with Crippen LogP contribution in [0.5, 0.6) is 0 Å². The van der Waals surface area contributed by atoms with Crippen LogP contribution in [0.15, 0.2) is 24.3 Å². The summed E-state index contributed by atoms with van der Waals surface area (Å²) in [4.78, 5) is 16.5. The van der Waals surface area contributed by atoms with E-state index in [0.717, 1.165) is 17.9 Å². The molecular formula is C14H18N2O3. The number of ether oxygens (including phenoxy) is 2. The van der Waals surface area contributed by atoms with Gasteiger partial charge in [-0.2, -0.15) is 0 Å². The minimum atomic E-state index is -0.467. The van der Waals surface area contributed by atoms with Gasteiger partial charge in [-0.05, 0) is 12.1 Å². The molecule has 1 saturated heterocycles. The highest BCUT2D eigenvalue weighted by molar-refractivity contribution is 6.00. The van der Waals surface area contributed by atoms with Crippen LogP contribution in [0.25, 0.3) is 0 Å². The Labute approximate surface area is 112 Å². The average Bonchev–Trinajstić information content (AvgIpc) is 2.48. The summed E-state index contributed by atoms with van der Waals surface area (Å²) in [7, 11) is 2.04. The van der Waals surface area contributed by atoms with Crippen molar-refractivity contribution in [3.05, 3.63) is 24.3 Å². The molecule has 1 fully saturated rings. The fourth-order valence-electron chi connectivity index (χ4n) is 2.54. The van der Waals surface area contributed by atoms with E-state index in [-0.39, 0.29) is 5.91 Å². The number of anilines is 2. The van der Waals surface area contributed by atoms with Crippen LogP contribution in [-0.4, -0.2) is 52.0 Å². The summed E-state index contributed by atoms with van der Waals surface area (Å²) in [6.45, 7) is 2.94. The molecule has 1 aromatic carbocycles. The number of para-hydroxylation sites is 2. The van der Waals surface area contributed by atoms with Crippen LogP contribution in [0, 0.1) is 0 Å². The highest BCUT2D eigenvalue weighted by Gasteiger charge is 2.31. The second-order valence-electron chi connectivity index (χ2n) is 4.83. The number of fused-ring (bicyclic) bond motifs is 1. The number of nitrogens with zero attached hydrogens (tertiary/aromatic N) is 2. The van der Waals surface area contributed by atoms with Gasteiger partial charge in [-0.3, -0.25) is 4.79 Å². The molecule has 1 aromatic rings. The lowest BCUT2D eigenvalue weighted by molar-refractivity contribution is -0.144. The second-order valence-corrected chi connectivity index (χ2v) is 4.83. The fraction of sp³-hybridized carbons (Fsp3) is 0.500. The van der Waals surface area contributed by atoms with Gasteiger partial charge in [0.05, 0.1) is 31.2 Å². The lowest BCUT2D eigenvalue weighted by Crippen LogP contribution is -2.50. The predicted octanol–water partition coefficient (Wildman–Crippen LogP) is 0.885. The van der Waals surface area contributed by atoms with Crippen molar-refractivity contribution in [2.24, 2.45) is 0 Å². The Hall–Kier alpha value is -1.59. The zero-order valence-corrected chi connectivity index (χ0v) is 11.0. The van der Waals surface area contributed by atoms with Crippen LogP contribution >= 0.6 is 0 Å². The molecule has 1 amide bonds. The Balaban J connectivity index is 1.85. The smallest absolute Gasteiger partial charge is 0.258 e. The Kier molecular flexibility index (Phi) is 3.40. The van der Waals surface area contributed by atoms with Crippen molar-refractivity contribution in [3.8, 4) is 0 Å². The van der Waals surface area contributed by atoms with Gasteiger partial charge in [0.15, 0.2) is 6.10 Å². The van der Waals surface area contributed by atoms with E-state index < -0.39 is 6.10 Å². The number of benzene rings is 1. The first-order valence-corrected chi connectivity index (χ1v) is 6.58. The molecule has 3 rings (SSSR count). The quantitative estimate of drug-likeness (QED) is 0.753. The number of carbonyl (C=O) groups is 1. The maximum atomic E-state index is 12.5. The third-order valence-electron chi connectivity index (χ3n) is 3.60. The van der Waals surface area contributed by atoms with Gasteiger partial charge in [0.2, 0.25) is 0 Å². The van der Waals surface area contributed by atoms with Crippen LogP contribution < -0.4 is 9.80 Å². The van der Waals surface area contributed by atoms with Crippen molar-refractivity contribution >= 4 is 17.3 Å². The molecule has 0 saturated carbocycles. The van der Waals surface area contributed by atoms with Crippen molar-refractivity contribution in [1.29, 1.82) is 0 Å². The highest BCUT2D eigenvalue weighted by Crippen LogP contribution is 2.32. The molecule has 0 N–H and O–H groups in total. The summed E-state index contributed by atoms with van der Waals surface area (Å²) in [5, 5.41) is 0. The molecule has 0 aliphatic carbocycles. The van der Waals surface area contributed by atoms with Crippen LogP contribution in [0.2, 0.25) is 0 Å². The molecule has 2 aliphatic heterocycles. The Morgan fingerprint density at radius 3 is 2.74 bits per heavy atom. The van der Waals surface area contributed by atoms with E-state index in [2.05, 4.69) is 4.90 Å².